The summed E-state index contributed by atoms with van der Waals surface area (Å²) in [7, 11) is 0. The van der Waals surface area contributed by atoms with Gasteiger partial charge in [-0.3, -0.25) is 11.3 Å². The number of hydrogen-bond donors (Lipinski definition) is 2. The number of aryl methyl sites for hydroxylation is 1. The molecule has 0 spiro atoms. The van der Waals surface area contributed by atoms with Gasteiger partial charge in [0.25, 0.3) is 0 Å². The SMILES string of the molecule is Cc1nccc(C(Cc2ccc(Br)cc2Cl)NN)n1. The van der Waals surface area contributed by atoms with Gasteiger partial charge in [0.2, 0.25) is 0 Å². The van der Waals surface area contributed by atoms with Gasteiger partial charge >= 0.3 is 0 Å². The minimum absolute atomic E-state index is 0.0969. The van der Waals surface area contributed by atoms with Crippen LogP contribution in [0.15, 0.2) is 34.9 Å². The van der Waals surface area contributed by atoms with Crippen LogP contribution < -0.4 is 11.3 Å². The smallest absolute Gasteiger partial charge is 0.125 e. The third kappa shape index (κ3) is 3.73. The van der Waals surface area contributed by atoms with Gasteiger partial charge in [-0.25, -0.2) is 9.97 Å². The van der Waals surface area contributed by atoms with Gasteiger partial charge in [-0.2, -0.15) is 0 Å². The summed E-state index contributed by atoms with van der Waals surface area (Å²) in [6.45, 7) is 1.85. The highest BCUT2D eigenvalue weighted by molar-refractivity contribution is 9.10. The Morgan fingerprint density at radius 2 is 2.21 bits per heavy atom. The molecule has 6 heteroatoms. The number of hydrazine groups is 1. The molecule has 4 nitrogen and oxygen atoms in total. The van der Waals surface area contributed by atoms with Crippen molar-refractivity contribution in [2.75, 3.05) is 0 Å². The maximum Gasteiger partial charge on any atom is 0.125 e. The Morgan fingerprint density at radius 3 is 2.84 bits per heavy atom. The molecule has 0 fully saturated rings. The quantitative estimate of drug-likeness (QED) is 0.663. The van der Waals surface area contributed by atoms with Crippen LogP contribution in [0.25, 0.3) is 0 Å². The van der Waals surface area contributed by atoms with E-state index in [1.165, 1.54) is 0 Å². The molecular formula is C13H14BrClN4. The first-order valence-electron chi connectivity index (χ1n) is 5.79. The molecule has 0 aliphatic rings. The molecule has 1 aromatic heterocycles. The van der Waals surface area contributed by atoms with Crippen molar-refractivity contribution >= 4 is 27.5 Å². The molecule has 0 radical (unpaired) electrons. The van der Waals surface area contributed by atoms with E-state index in [0.717, 1.165) is 21.6 Å². The molecule has 100 valence electrons. The van der Waals surface area contributed by atoms with E-state index in [-0.39, 0.29) is 6.04 Å². The predicted octanol–water partition coefficient (Wildman–Crippen LogP) is 2.95. The Kier molecular flexibility index (Phi) is 4.87. The lowest BCUT2D eigenvalue weighted by Gasteiger charge is -2.16. The number of nitrogens with one attached hydrogen (secondary N) is 1. The second-order valence-electron chi connectivity index (χ2n) is 4.19. The third-order valence-corrected chi connectivity index (χ3v) is 3.64. The summed E-state index contributed by atoms with van der Waals surface area (Å²) in [5, 5.41) is 0.709. The zero-order chi connectivity index (χ0) is 13.8. The first-order valence-corrected chi connectivity index (χ1v) is 6.97. The summed E-state index contributed by atoms with van der Waals surface area (Å²) < 4.78 is 0.955. The van der Waals surface area contributed by atoms with Crippen LogP contribution in [0.2, 0.25) is 5.02 Å². The zero-order valence-corrected chi connectivity index (χ0v) is 12.7. The predicted molar refractivity (Wildman–Crippen MR) is 79.7 cm³/mol. The van der Waals surface area contributed by atoms with Crippen LogP contribution >= 0.6 is 27.5 Å². The van der Waals surface area contributed by atoms with Crippen molar-refractivity contribution in [2.24, 2.45) is 5.84 Å². The van der Waals surface area contributed by atoms with Crippen LogP contribution in [0.1, 0.15) is 23.1 Å². The van der Waals surface area contributed by atoms with E-state index in [1.54, 1.807) is 6.20 Å². The third-order valence-electron chi connectivity index (χ3n) is 2.79. The molecule has 2 aromatic rings. The number of nitrogens with two attached hydrogens (primary N) is 1. The number of rotatable bonds is 4. The van der Waals surface area contributed by atoms with Crippen molar-refractivity contribution < 1.29 is 0 Å². The fourth-order valence-corrected chi connectivity index (χ4v) is 2.58. The minimum atomic E-state index is -0.0969. The van der Waals surface area contributed by atoms with Gasteiger partial charge in [-0.05, 0) is 37.1 Å². The van der Waals surface area contributed by atoms with E-state index in [0.29, 0.717) is 11.4 Å². The van der Waals surface area contributed by atoms with E-state index in [4.69, 9.17) is 17.4 Å². The summed E-state index contributed by atoms with van der Waals surface area (Å²) in [6.07, 6.45) is 2.39. The second-order valence-corrected chi connectivity index (χ2v) is 5.51. The summed E-state index contributed by atoms with van der Waals surface area (Å²) in [4.78, 5) is 8.46. The standard InChI is InChI=1S/C13H14BrClN4/c1-8-17-5-4-12(18-8)13(19-16)6-9-2-3-10(14)7-11(9)15/h2-5,7,13,19H,6,16H2,1H3. The zero-order valence-electron chi connectivity index (χ0n) is 10.4. The molecule has 0 amide bonds. The number of nitrogens with zero attached hydrogens (tertiary/aromatic N) is 2. The van der Waals surface area contributed by atoms with Crippen LogP contribution in [0.3, 0.4) is 0 Å². The molecule has 19 heavy (non-hydrogen) atoms. The van der Waals surface area contributed by atoms with E-state index >= 15 is 0 Å². The first kappa shape index (κ1) is 14.4. The topological polar surface area (TPSA) is 63.8 Å². The molecule has 2 rings (SSSR count). The Morgan fingerprint density at radius 1 is 1.42 bits per heavy atom. The van der Waals surface area contributed by atoms with Crippen LogP contribution in [-0.2, 0) is 6.42 Å². The number of benzene rings is 1. The van der Waals surface area contributed by atoms with Gasteiger partial charge in [0.05, 0.1) is 11.7 Å². The van der Waals surface area contributed by atoms with Gasteiger partial charge in [-0.15, -0.1) is 0 Å². The average molecular weight is 342 g/mol. The van der Waals surface area contributed by atoms with Crippen molar-refractivity contribution in [3.8, 4) is 0 Å². The number of aromatic nitrogens is 2. The Hall–Kier alpha value is -1.01. The highest BCUT2D eigenvalue weighted by Crippen LogP contribution is 2.25. The van der Waals surface area contributed by atoms with E-state index in [1.807, 2.05) is 31.2 Å². The molecule has 0 bridgehead atoms. The lowest BCUT2D eigenvalue weighted by molar-refractivity contribution is 0.535. The van der Waals surface area contributed by atoms with Crippen molar-refractivity contribution in [3.63, 3.8) is 0 Å². The molecule has 1 heterocycles. The van der Waals surface area contributed by atoms with Gasteiger partial charge < -0.3 is 0 Å². The van der Waals surface area contributed by atoms with E-state index < -0.39 is 0 Å². The maximum atomic E-state index is 6.22. The monoisotopic (exact) mass is 340 g/mol. The van der Waals surface area contributed by atoms with Crippen molar-refractivity contribution in [1.29, 1.82) is 0 Å². The highest BCUT2D eigenvalue weighted by atomic mass is 79.9. The lowest BCUT2D eigenvalue weighted by Crippen LogP contribution is -2.30. The molecule has 0 aliphatic carbocycles. The summed E-state index contributed by atoms with van der Waals surface area (Å²) in [5.41, 5.74) is 4.65. The van der Waals surface area contributed by atoms with Crippen molar-refractivity contribution in [1.82, 2.24) is 15.4 Å². The second kappa shape index (κ2) is 6.43. The highest BCUT2D eigenvalue weighted by Gasteiger charge is 2.14. The molecule has 0 aliphatic heterocycles. The Bertz CT molecular complexity index is 576. The normalized spacial score (nSPS) is 12.4. The van der Waals surface area contributed by atoms with Crippen LogP contribution in [-0.4, -0.2) is 9.97 Å². The van der Waals surface area contributed by atoms with Crippen LogP contribution in [0.5, 0.6) is 0 Å². The summed E-state index contributed by atoms with van der Waals surface area (Å²) in [6, 6.07) is 7.56. The molecule has 0 saturated heterocycles. The molecule has 3 N–H and O–H groups in total. The minimum Gasteiger partial charge on any atom is -0.271 e. The first-order chi connectivity index (χ1) is 9.10. The Balaban J connectivity index is 2.24. The average Bonchev–Trinajstić information content (AvgIpc) is 2.38. The Labute approximate surface area is 125 Å². The molecular weight excluding hydrogens is 328 g/mol. The number of halogens is 2. The maximum absolute atomic E-state index is 6.22. The molecule has 1 atom stereocenters. The molecule has 0 saturated carbocycles. The summed E-state index contributed by atoms with van der Waals surface area (Å²) in [5.74, 6) is 6.34. The van der Waals surface area contributed by atoms with Gasteiger partial charge in [0, 0.05) is 15.7 Å². The fraction of sp³-hybridized carbons (Fsp3) is 0.231. The largest absolute Gasteiger partial charge is 0.271 e. The summed E-state index contributed by atoms with van der Waals surface area (Å²) >= 11 is 9.61. The fourth-order valence-electron chi connectivity index (χ4n) is 1.82. The number of hydrogen-bond acceptors (Lipinski definition) is 4. The van der Waals surface area contributed by atoms with Crippen molar-refractivity contribution in [2.45, 2.75) is 19.4 Å². The lowest BCUT2D eigenvalue weighted by atomic mass is 10.0. The van der Waals surface area contributed by atoms with Gasteiger partial charge in [0.1, 0.15) is 5.82 Å². The van der Waals surface area contributed by atoms with Crippen molar-refractivity contribution in [3.05, 3.63) is 57.0 Å². The van der Waals surface area contributed by atoms with E-state index in [9.17, 15) is 0 Å². The van der Waals surface area contributed by atoms with E-state index in [2.05, 4.69) is 31.3 Å². The molecule has 1 unspecified atom stereocenters. The molecule has 1 aromatic carbocycles. The van der Waals surface area contributed by atoms with Gasteiger partial charge in [0.15, 0.2) is 0 Å². The van der Waals surface area contributed by atoms with Crippen LogP contribution in [0.4, 0.5) is 0 Å². The van der Waals surface area contributed by atoms with Gasteiger partial charge in [-0.1, -0.05) is 33.6 Å². The van der Waals surface area contributed by atoms with Crippen LogP contribution in [0, 0.1) is 6.92 Å².